The van der Waals surface area contributed by atoms with Gasteiger partial charge in [0.2, 0.25) is 5.89 Å². The van der Waals surface area contributed by atoms with E-state index in [0.29, 0.717) is 19.6 Å². The van der Waals surface area contributed by atoms with Crippen LogP contribution in [0.15, 0.2) is 4.52 Å². The lowest BCUT2D eigenvalue weighted by Gasteiger charge is -2.34. The Hall–Kier alpha value is -0.940. The molecule has 0 unspecified atom stereocenters. The van der Waals surface area contributed by atoms with Crippen LogP contribution in [-0.4, -0.2) is 30.4 Å². The van der Waals surface area contributed by atoms with Crippen LogP contribution in [0.25, 0.3) is 0 Å². The highest BCUT2D eigenvalue weighted by atomic mass is 16.5. The van der Waals surface area contributed by atoms with Crippen LogP contribution >= 0.6 is 0 Å². The summed E-state index contributed by atoms with van der Waals surface area (Å²) in [6.45, 7) is 1.34. The zero-order valence-electron chi connectivity index (χ0n) is 11.2. The molecule has 1 heterocycles. The van der Waals surface area contributed by atoms with Crippen LogP contribution in [0, 0.1) is 5.41 Å². The summed E-state index contributed by atoms with van der Waals surface area (Å²) in [6, 6.07) is 0. The molecule has 1 aromatic heterocycles. The van der Waals surface area contributed by atoms with E-state index in [1.54, 1.807) is 7.11 Å². The van der Waals surface area contributed by atoms with Crippen molar-refractivity contribution in [2.45, 2.75) is 44.9 Å². The molecule has 0 amide bonds. The van der Waals surface area contributed by atoms with Crippen molar-refractivity contribution in [3.8, 4) is 0 Å². The number of nitrogens with two attached hydrogens (primary N) is 1. The van der Waals surface area contributed by atoms with Gasteiger partial charge >= 0.3 is 0 Å². The maximum absolute atomic E-state index is 5.96. The highest BCUT2D eigenvalue weighted by Gasteiger charge is 2.32. The zero-order chi connectivity index (χ0) is 12.8. The van der Waals surface area contributed by atoms with E-state index in [9.17, 15) is 0 Å². The highest BCUT2D eigenvalue weighted by Crippen LogP contribution is 2.37. The van der Waals surface area contributed by atoms with Crippen molar-refractivity contribution < 1.29 is 9.26 Å². The third kappa shape index (κ3) is 3.29. The molecular formula is C13H23N3O2. The van der Waals surface area contributed by atoms with Crippen molar-refractivity contribution in [2.75, 3.05) is 20.3 Å². The van der Waals surface area contributed by atoms with E-state index in [1.807, 2.05) is 0 Å². The van der Waals surface area contributed by atoms with Gasteiger partial charge in [-0.05, 0) is 24.8 Å². The minimum absolute atomic E-state index is 0.184. The van der Waals surface area contributed by atoms with Gasteiger partial charge in [-0.3, -0.25) is 0 Å². The van der Waals surface area contributed by atoms with Crippen LogP contribution in [0.5, 0.6) is 0 Å². The monoisotopic (exact) mass is 253 g/mol. The van der Waals surface area contributed by atoms with Gasteiger partial charge in [0.05, 0.1) is 6.61 Å². The quantitative estimate of drug-likeness (QED) is 0.835. The second-order valence-electron chi connectivity index (χ2n) is 5.29. The second-order valence-corrected chi connectivity index (χ2v) is 5.29. The number of methoxy groups -OCH3 is 1. The average Bonchev–Trinajstić information content (AvgIpc) is 2.85. The van der Waals surface area contributed by atoms with Gasteiger partial charge in [-0.2, -0.15) is 4.98 Å². The smallest absolute Gasteiger partial charge is 0.227 e. The first-order valence-corrected chi connectivity index (χ1v) is 6.78. The standard InChI is InChI=1S/C13H23N3O2/c1-17-8-5-11-15-12(18-16-11)9-13(10-14)6-3-2-4-7-13/h2-10,14H2,1H3. The molecule has 5 nitrogen and oxygen atoms in total. The SMILES string of the molecule is COCCc1noc(CC2(CN)CCCCC2)n1. The van der Waals surface area contributed by atoms with E-state index in [1.165, 1.54) is 32.1 Å². The molecule has 2 N–H and O–H groups in total. The summed E-state index contributed by atoms with van der Waals surface area (Å²) < 4.78 is 10.3. The largest absolute Gasteiger partial charge is 0.384 e. The summed E-state index contributed by atoms with van der Waals surface area (Å²) in [4.78, 5) is 4.42. The number of hydrogen-bond donors (Lipinski definition) is 1. The molecule has 0 aromatic carbocycles. The van der Waals surface area contributed by atoms with Crippen LogP contribution < -0.4 is 5.73 Å². The van der Waals surface area contributed by atoms with Gasteiger partial charge in [0.15, 0.2) is 5.82 Å². The molecule has 0 radical (unpaired) electrons. The Kier molecular flexibility index (Phi) is 4.72. The van der Waals surface area contributed by atoms with Crippen molar-refractivity contribution >= 4 is 0 Å². The molecule has 18 heavy (non-hydrogen) atoms. The van der Waals surface area contributed by atoms with Gasteiger partial charge in [-0.15, -0.1) is 0 Å². The fourth-order valence-electron chi connectivity index (χ4n) is 2.73. The molecule has 1 saturated carbocycles. The Morgan fingerprint density at radius 1 is 1.33 bits per heavy atom. The summed E-state index contributed by atoms with van der Waals surface area (Å²) in [7, 11) is 1.67. The first-order chi connectivity index (χ1) is 8.78. The van der Waals surface area contributed by atoms with Crippen LogP contribution in [0.4, 0.5) is 0 Å². The number of rotatable bonds is 6. The van der Waals surface area contributed by atoms with E-state index < -0.39 is 0 Å². The number of hydrogen-bond acceptors (Lipinski definition) is 5. The Labute approximate surface area is 108 Å². The van der Waals surface area contributed by atoms with Crippen LogP contribution in [0.3, 0.4) is 0 Å². The lowest BCUT2D eigenvalue weighted by Crippen LogP contribution is -2.35. The Bertz CT molecular complexity index is 359. The molecule has 0 bridgehead atoms. The van der Waals surface area contributed by atoms with Gasteiger partial charge in [0.25, 0.3) is 0 Å². The van der Waals surface area contributed by atoms with E-state index in [-0.39, 0.29) is 5.41 Å². The Balaban J connectivity index is 1.96. The van der Waals surface area contributed by atoms with E-state index >= 15 is 0 Å². The summed E-state index contributed by atoms with van der Waals surface area (Å²) in [5.41, 5.74) is 6.15. The highest BCUT2D eigenvalue weighted by molar-refractivity contribution is 4.95. The maximum Gasteiger partial charge on any atom is 0.227 e. The van der Waals surface area contributed by atoms with Gasteiger partial charge in [-0.1, -0.05) is 24.4 Å². The molecule has 0 saturated heterocycles. The molecule has 1 fully saturated rings. The molecule has 1 aromatic rings. The predicted octanol–water partition coefficient (Wildman–Crippen LogP) is 1.71. The summed E-state index contributed by atoms with van der Waals surface area (Å²) >= 11 is 0. The van der Waals surface area contributed by atoms with Gasteiger partial charge in [0, 0.05) is 20.0 Å². The molecule has 1 aliphatic carbocycles. The van der Waals surface area contributed by atoms with Gasteiger partial charge in [0.1, 0.15) is 0 Å². The first-order valence-electron chi connectivity index (χ1n) is 6.78. The second kappa shape index (κ2) is 6.29. The fourth-order valence-corrected chi connectivity index (χ4v) is 2.73. The molecule has 5 heteroatoms. The Morgan fingerprint density at radius 2 is 2.11 bits per heavy atom. The van der Waals surface area contributed by atoms with Crippen molar-refractivity contribution in [3.63, 3.8) is 0 Å². The lowest BCUT2D eigenvalue weighted by molar-refractivity contribution is 0.177. The fraction of sp³-hybridized carbons (Fsp3) is 0.846. The summed E-state index contributed by atoms with van der Waals surface area (Å²) in [5.74, 6) is 1.46. The Morgan fingerprint density at radius 3 is 2.78 bits per heavy atom. The molecular weight excluding hydrogens is 230 g/mol. The molecule has 0 spiro atoms. The van der Waals surface area contributed by atoms with Crippen molar-refractivity contribution in [1.29, 1.82) is 0 Å². The maximum atomic E-state index is 5.96. The van der Waals surface area contributed by atoms with Crippen molar-refractivity contribution in [3.05, 3.63) is 11.7 Å². The predicted molar refractivity (Wildman–Crippen MR) is 68.2 cm³/mol. The number of ether oxygens (including phenoxy) is 1. The molecule has 2 rings (SSSR count). The molecule has 0 aliphatic heterocycles. The minimum Gasteiger partial charge on any atom is -0.384 e. The normalized spacial score (nSPS) is 19.0. The minimum atomic E-state index is 0.184. The summed E-state index contributed by atoms with van der Waals surface area (Å²) in [6.07, 6.45) is 7.74. The molecule has 102 valence electrons. The van der Waals surface area contributed by atoms with E-state index in [2.05, 4.69) is 10.1 Å². The first kappa shape index (κ1) is 13.5. The summed E-state index contributed by atoms with van der Waals surface area (Å²) in [5, 5.41) is 3.98. The van der Waals surface area contributed by atoms with Crippen molar-refractivity contribution in [1.82, 2.24) is 10.1 Å². The van der Waals surface area contributed by atoms with E-state index in [4.69, 9.17) is 15.0 Å². The third-order valence-corrected chi connectivity index (χ3v) is 3.91. The number of aromatic nitrogens is 2. The average molecular weight is 253 g/mol. The molecule has 0 atom stereocenters. The van der Waals surface area contributed by atoms with Crippen LogP contribution in [-0.2, 0) is 17.6 Å². The van der Waals surface area contributed by atoms with Gasteiger partial charge in [-0.25, -0.2) is 0 Å². The number of nitrogens with zero attached hydrogens (tertiary/aromatic N) is 2. The molecule has 1 aliphatic rings. The topological polar surface area (TPSA) is 74.2 Å². The van der Waals surface area contributed by atoms with E-state index in [0.717, 1.165) is 18.1 Å². The van der Waals surface area contributed by atoms with Gasteiger partial charge < -0.3 is 15.0 Å². The third-order valence-electron chi connectivity index (χ3n) is 3.91. The van der Waals surface area contributed by atoms with Crippen LogP contribution in [0.1, 0.15) is 43.8 Å². The van der Waals surface area contributed by atoms with Crippen LogP contribution in [0.2, 0.25) is 0 Å². The lowest BCUT2D eigenvalue weighted by atomic mass is 9.72. The zero-order valence-corrected chi connectivity index (χ0v) is 11.2. The van der Waals surface area contributed by atoms with Crippen molar-refractivity contribution in [2.24, 2.45) is 11.1 Å².